The largest absolute Gasteiger partial charge is 0.476 e. The first-order chi connectivity index (χ1) is 9.60. The zero-order chi connectivity index (χ0) is 14.5. The summed E-state index contributed by atoms with van der Waals surface area (Å²) < 4.78 is 1.69. The fourth-order valence-corrected chi connectivity index (χ4v) is 1.81. The zero-order valence-electron chi connectivity index (χ0n) is 11.0. The highest BCUT2D eigenvalue weighted by atomic mass is 16.4. The van der Waals surface area contributed by atoms with Crippen LogP contribution in [0.3, 0.4) is 0 Å². The van der Waals surface area contributed by atoms with Gasteiger partial charge in [-0.25, -0.2) is 9.78 Å². The zero-order valence-corrected chi connectivity index (χ0v) is 11.0. The van der Waals surface area contributed by atoms with Gasteiger partial charge in [0.05, 0.1) is 17.6 Å². The Hall–Kier alpha value is -2.81. The number of aryl methyl sites for hydroxylation is 1. The van der Waals surface area contributed by atoms with Crippen molar-refractivity contribution in [2.75, 3.05) is 11.9 Å². The van der Waals surface area contributed by atoms with Crippen LogP contribution in [0.25, 0.3) is 0 Å². The molecule has 1 aromatic carbocycles. The van der Waals surface area contributed by atoms with Crippen LogP contribution >= 0.6 is 0 Å². The van der Waals surface area contributed by atoms with E-state index in [0.29, 0.717) is 18.7 Å². The number of aromatic nitrogens is 2. The molecule has 0 saturated heterocycles. The van der Waals surface area contributed by atoms with Gasteiger partial charge in [0, 0.05) is 19.3 Å². The fraction of sp³-hybridized carbons (Fsp3) is 0.214. The average Bonchev–Trinajstić information content (AvgIpc) is 2.88. The van der Waals surface area contributed by atoms with E-state index in [1.54, 1.807) is 10.6 Å². The second-order valence-electron chi connectivity index (χ2n) is 4.39. The van der Waals surface area contributed by atoms with Gasteiger partial charge in [0.25, 0.3) is 0 Å². The summed E-state index contributed by atoms with van der Waals surface area (Å²) in [5.74, 6) is -1.04. The van der Waals surface area contributed by atoms with E-state index >= 15 is 0 Å². The summed E-state index contributed by atoms with van der Waals surface area (Å²) in [5, 5.41) is 21.0. The van der Waals surface area contributed by atoms with Gasteiger partial charge in [0.15, 0.2) is 5.69 Å². The fourth-order valence-electron chi connectivity index (χ4n) is 1.81. The SMILES string of the molecule is Cc1ccc(C#N)c(NCCn2cnc(C(=O)O)c2)c1. The van der Waals surface area contributed by atoms with Crippen LogP contribution in [-0.4, -0.2) is 27.2 Å². The van der Waals surface area contributed by atoms with Crippen molar-refractivity contribution in [3.05, 3.63) is 47.5 Å². The first-order valence-corrected chi connectivity index (χ1v) is 6.10. The molecule has 0 bridgehead atoms. The maximum Gasteiger partial charge on any atom is 0.356 e. The number of nitrogens with zero attached hydrogens (tertiary/aromatic N) is 3. The van der Waals surface area contributed by atoms with Gasteiger partial charge < -0.3 is 15.0 Å². The van der Waals surface area contributed by atoms with E-state index in [2.05, 4.69) is 16.4 Å². The number of rotatable bonds is 5. The molecule has 0 aliphatic carbocycles. The molecule has 2 rings (SSSR count). The van der Waals surface area contributed by atoms with Crippen LogP contribution in [0.4, 0.5) is 5.69 Å². The molecule has 0 atom stereocenters. The summed E-state index contributed by atoms with van der Waals surface area (Å²) in [6.45, 7) is 3.11. The summed E-state index contributed by atoms with van der Waals surface area (Å²) in [4.78, 5) is 14.5. The summed E-state index contributed by atoms with van der Waals surface area (Å²) in [5.41, 5.74) is 2.47. The standard InChI is InChI=1S/C14H14N4O2/c1-10-2-3-11(7-15)12(6-10)16-4-5-18-8-13(14(19)20)17-9-18/h2-3,6,8-9,16H,4-5H2,1H3,(H,19,20). The van der Waals surface area contributed by atoms with Crippen molar-refractivity contribution >= 4 is 11.7 Å². The van der Waals surface area contributed by atoms with E-state index in [1.807, 2.05) is 19.1 Å². The molecule has 0 aliphatic rings. The van der Waals surface area contributed by atoms with Gasteiger partial charge >= 0.3 is 5.97 Å². The van der Waals surface area contributed by atoms with Crippen LogP contribution < -0.4 is 5.32 Å². The summed E-state index contributed by atoms with van der Waals surface area (Å²) >= 11 is 0. The van der Waals surface area contributed by atoms with Crippen molar-refractivity contribution in [2.45, 2.75) is 13.5 Å². The minimum Gasteiger partial charge on any atom is -0.476 e. The molecule has 0 unspecified atom stereocenters. The molecule has 1 heterocycles. The molecule has 0 saturated carbocycles. The van der Waals surface area contributed by atoms with Crippen molar-refractivity contribution in [3.8, 4) is 6.07 Å². The number of carboxylic acids is 1. The summed E-state index contributed by atoms with van der Waals surface area (Å²) in [6, 6.07) is 7.71. The molecule has 0 spiro atoms. The number of carboxylic acid groups (broad SMARTS) is 1. The predicted molar refractivity (Wildman–Crippen MR) is 73.6 cm³/mol. The molecule has 1 aromatic heterocycles. The number of hydrogen-bond donors (Lipinski definition) is 2. The van der Waals surface area contributed by atoms with E-state index in [0.717, 1.165) is 11.3 Å². The van der Waals surface area contributed by atoms with Gasteiger partial charge in [-0.3, -0.25) is 0 Å². The number of hydrogen-bond acceptors (Lipinski definition) is 4. The lowest BCUT2D eigenvalue weighted by Crippen LogP contribution is -2.10. The molecule has 0 aliphatic heterocycles. The molecular weight excluding hydrogens is 256 g/mol. The van der Waals surface area contributed by atoms with Crippen LogP contribution in [0.2, 0.25) is 0 Å². The first kappa shape index (κ1) is 13.6. The quantitative estimate of drug-likeness (QED) is 0.865. The number of nitriles is 1. The van der Waals surface area contributed by atoms with Gasteiger partial charge in [0.2, 0.25) is 0 Å². The lowest BCUT2D eigenvalue weighted by molar-refractivity contribution is 0.0691. The Morgan fingerprint density at radius 3 is 3.00 bits per heavy atom. The second kappa shape index (κ2) is 5.89. The summed E-state index contributed by atoms with van der Waals surface area (Å²) in [7, 11) is 0. The van der Waals surface area contributed by atoms with Crippen LogP contribution in [0.15, 0.2) is 30.7 Å². The summed E-state index contributed by atoms with van der Waals surface area (Å²) in [6.07, 6.45) is 2.96. The maximum atomic E-state index is 10.7. The Morgan fingerprint density at radius 1 is 1.55 bits per heavy atom. The monoisotopic (exact) mass is 270 g/mol. The van der Waals surface area contributed by atoms with Crippen molar-refractivity contribution in [2.24, 2.45) is 0 Å². The minimum atomic E-state index is -1.04. The average molecular weight is 270 g/mol. The molecule has 0 radical (unpaired) electrons. The Balaban J connectivity index is 1.97. The number of benzene rings is 1. The number of nitrogens with one attached hydrogen (secondary N) is 1. The Bertz CT molecular complexity index is 670. The molecule has 102 valence electrons. The Labute approximate surface area is 116 Å². The van der Waals surface area contributed by atoms with Gasteiger partial charge in [-0.15, -0.1) is 0 Å². The normalized spacial score (nSPS) is 10.0. The van der Waals surface area contributed by atoms with Crippen LogP contribution in [0.1, 0.15) is 21.6 Å². The van der Waals surface area contributed by atoms with Gasteiger partial charge in [-0.1, -0.05) is 6.07 Å². The Morgan fingerprint density at radius 2 is 2.35 bits per heavy atom. The molecule has 0 fully saturated rings. The van der Waals surface area contributed by atoms with Crippen molar-refractivity contribution in [1.82, 2.24) is 9.55 Å². The molecule has 20 heavy (non-hydrogen) atoms. The van der Waals surface area contributed by atoms with E-state index in [1.165, 1.54) is 12.5 Å². The molecule has 6 nitrogen and oxygen atoms in total. The van der Waals surface area contributed by atoms with Crippen molar-refractivity contribution in [1.29, 1.82) is 5.26 Å². The van der Waals surface area contributed by atoms with Crippen molar-refractivity contribution in [3.63, 3.8) is 0 Å². The minimum absolute atomic E-state index is 0.0262. The second-order valence-corrected chi connectivity index (χ2v) is 4.39. The Kier molecular flexibility index (Phi) is 4.01. The smallest absolute Gasteiger partial charge is 0.356 e. The molecule has 2 aromatic rings. The predicted octanol–water partition coefficient (Wildman–Crippen LogP) is 1.87. The highest BCUT2D eigenvalue weighted by molar-refractivity contribution is 5.84. The van der Waals surface area contributed by atoms with E-state index in [9.17, 15) is 4.79 Å². The van der Waals surface area contributed by atoms with Crippen LogP contribution in [-0.2, 0) is 6.54 Å². The highest BCUT2D eigenvalue weighted by Crippen LogP contribution is 2.16. The van der Waals surface area contributed by atoms with E-state index in [-0.39, 0.29) is 5.69 Å². The van der Waals surface area contributed by atoms with E-state index in [4.69, 9.17) is 10.4 Å². The first-order valence-electron chi connectivity index (χ1n) is 6.10. The highest BCUT2D eigenvalue weighted by Gasteiger charge is 2.06. The lowest BCUT2D eigenvalue weighted by Gasteiger charge is -2.09. The van der Waals surface area contributed by atoms with Crippen molar-refractivity contribution < 1.29 is 9.90 Å². The number of imidazole rings is 1. The van der Waals surface area contributed by atoms with Crippen LogP contribution in [0, 0.1) is 18.3 Å². The molecule has 2 N–H and O–H groups in total. The number of aromatic carboxylic acids is 1. The van der Waals surface area contributed by atoms with Gasteiger partial charge in [0.1, 0.15) is 6.07 Å². The number of anilines is 1. The molecule has 6 heteroatoms. The molecular formula is C14H14N4O2. The van der Waals surface area contributed by atoms with Crippen LogP contribution in [0.5, 0.6) is 0 Å². The third kappa shape index (κ3) is 3.14. The van der Waals surface area contributed by atoms with Gasteiger partial charge in [-0.05, 0) is 24.6 Å². The third-order valence-electron chi connectivity index (χ3n) is 2.83. The maximum absolute atomic E-state index is 10.7. The van der Waals surface area contributed by atoms with E-state index < -0.39 is 5.97 Å². The number of carbonyl (C=O) groups is 1. The topological polar surface area (TPSA) is 90.9 Å². The van der Waals surface area contributed by atoms with Gasteiger partial charge in [-0.2, -0.15) is 5.26 Å². The lowest BCUT2D eigenvalue weighted by atomic mass is 10.1. The third-order valence-corrected chi connectivity index (χ3v) is 2.83. The molecule has 0 amide bonds.